The zero-order valence-corrected chi connectivity index (χ0v) is 13.1. The van der Waals surface area contributed by atoms with Crippen LogP contribution in [-0.4, -0.2) is 25.8 Å². The van der Waals surface area contributed by atoms with Crippen LogP contribution in [0.4, 0.5) is 0 Å². The lowest BCUT2D eigenvalue weighted by Gasteiger charge is -2.15. The Morgan fingerprint density at radius 2 is 1.90 bits per heavy atom. The van der Waals surface area contributed by atoms with Crippen LogP contribution in [-0.2, 0) is 10.0 Å². The minimum absolute atomic E-state index is 0.279. The van der Waals surface area contributed by atoms with Crippen LogP contribution in [0.15, 0.2) is 46.7 Å². The number of hydrogen-bond acceptors (Lipinski definition) is 3. The summed E-state index contributed by atoms with van der Waals surface area (Å²) in [4.78, 5) is 0. The van der Waals surface area contributed by atoms with Gasteiger partial charge in [0.25, 0.3) is 10.0 Å². The van der Waals surface area contributed by atoms with E-state index in [9.17, 15) is 8.42 Å². The molecule has 2 aromatic rings. The third kappa shape index (κ3) is 2.63. The van der Waals surface area contributed by atoms with E-state index in [1.165, 1.54) is 5.56 Å². The molecule has 6 heteroatoms. The summed E-state index contributed by atoms with van der Waals surface area (Å²) in [7, 11) is -3.39. The van der Waals surface area contributed by atoms with Crippen LogP contribution >= 0.6 is 22.9 Å². The maximum absolute atomic E-state index is 12.5. The van der Waals surface area contributed by atoms with Crippen LogP contribution < -0.4 is 0 Å². The van der Waals surface area contributed by atoms with E-state index in [-0.39, 0.29) is 5.92 Å². The SMILES string of the molecule is O=S(=O)(c1ccc(Cl)s1)N1CCC(c2ccccc2)C1. The molecule has 1 aliphatic heterocycles. The summed E-state index contributed by atoms with van der Waals surface area (Å²) >= 11 is 6.95. The predicted octanol–water partition coefficient (Wildman–Crippen LogP) is 3.58. The molecular weight excluding hydrogens is 314 g/mol. The Morgan fingerprint density at radius 1 is 1.15 bits per heavy atom. The molecule has 3 rings (SSSR count). The normalized spacial score (nSPS) is 20.4. The zero-order valence-electron chi connectivity index (χ0n) is 10.7. The molecule has 3 nitrogen and oxygen atoms in total. The second-order valence-corrected chi connectivity index (χ2v) is 8.70. The number of sulfonamides is 1. The summed E-state index contributed by atoms with van der Waals surface area (Å²) in [5, 5.41) is 0. The molecule has 0 saturated carbocycles. The molecular formula is C14H14ClNO2S2. The van der Waals surface area contributed by atoms with Crippen LogP contribution in [0.25, 0.3) is 0 Å². The first-order chi connectivity index (χ1) is 9.57. The van der Waals surface area contributed by atoms with E-state index in [1.54, 1.807) is 16.4 Å². The molecule has 0 aliphatic carbocycles. The zero-order chi connectivity index (χ0) is 14.2. The average Bonchev–Trinajstić information content (AvgIpc) is 3.09. The van der Waals surface area contributed by atoms with Crippen molar-refractivity contribution in [3.63, 3.8) is 0 Å². The maximum Gasteiger partial charge on any atom is 0.252 e. The standard InChI is InChI=1S/C14H14ClNO2S2/c15-13-6-7-14(19-13)20(17,18)16-9-8-12(10-16)11-4-2-1-3-5-11/h1-7,12H,8-10H2. The molecule has 0 spiro atoms. The smallest absolute Gasteiger partial charge is 0.206 e. The highest BCUT2D eigenvalue weighted by molar-refractivity contribution is 7.91. The van der Waals surface area contributed by atoms with E-state index in [2.05, 4.69) is 12.1 Å². The molecule has 1 unspecified atom stereocenters. The summed E-state index contributed by atoms with van der Waals surface area (Å²) in [6.45, 7) is 1.11. The summed E-state index contributed by atoms with van der Waals surface area (Å²) in [5.74, 6) is 0.279. The van der Waals surface area contributed by atoms with Gasteiger partial charge in [0, 0.05) is 13.1 Å². The Morgan fingerprint density at radius 3 is 2.55 bits per heavy atom. The molecule has 1 fully saturated rings. The predicted molar refractivity (Wildman–Crippen MR) is 81.9 cm³/mol. The quantitative estimate of drug-likeness (QED) is 0.864. The van der Waals surface area contributed by atoms with Gasteiger partial charge in [-0.2, -0.15) is 4.31 Å². The minimum atomic E-state index is -3.39. The lowest BCUT2D eigenvalue weighted by atomic mass is 9.99. The van der Waals surface area contributed by atoms with Crippen molar-refractivity contribution in [3.8, 4) is 0 Å². The van der Waals surface area contributed by atoms with Crippen molar-refractivity contribution >= 4 is 33.0 Å². The van der Waals surface area contributed by atoms with Crippen molar-refractivity contribution in [1.82, 2.24) is 4.31 Å². The van der Waals surface area contributed by atoms with E-state index in [0.717, 1.165) is 17.8 Å². The lowest BCUT2D eigenvalue weighted by molar-refractivity contribution is 0.474. The molecule has 1 aromatic heterocycles. The van der Waals surface area contributed by atoms with Gasteiger partial charge in [0.2, 0.25) is 0 Å². The Hall–Kier alpha value is -0.880. The minimum Gasteiger partial charge on any atom is -0.206 e. The van der Waals surface area contributed by atoms with E-state index in [4.69, 9.17) is 11.6 Å². The van der Waals surface area contributed by atoms with Gasteiger partial charge in [-0.25, -0.2) is 8.42 Å². The Bertz CT molecular complexity index is 697. The molecule has 0 N–H and O–H groups in total. The molecule has 0 bridgehead atoms. The summed E-state index contributed by atoms with van der Waals surface area (Å²) in [6, 6.07) is 13.3. The van der Waals surface area contributed by atoms with E-state index < -0.39 is 10.0 Å². The third-order valence-electron chi connectivity index (χ3n) is 3.56. The number of hydrogen-bond donors (Lipinski definition) is 0. The van der Waals surface area contributed by atoms with E-state index in [1.807, 2.05) is 18.2 Å². The summed E-state index contributed by atoms with van der Waals surface area (Å²) in [6.07, 6.45) is 0.863. The van der Waals surface area contributed by atoms with Gasteiger partial charge < -0.3 is 0 Å². The highest BCUT2D eigenvalue weighted by Crippen LogP contribution is 2.34. The number of nitrogens with zero attached hydrogens (tertiary/aromatic N) is 1. The van der Waals surface area contributed by atoms with Gasteiger partial charge in [-0.3, -0.25) is 0 Å². The Kier molecular flexibility index (Phi) is 3.86. The number of rotatable bonds is 3. The van der Waals surface area contributed by atoms with Crippen LogP contribution in [0.1, 0.15) is 17.9 Å². The van der Waals surface area contributed by atoms with Gasteiger partial charge in [0.15, 0.2) is 0 Å². The van der Waals surface area contributed by atoms with Crippen LogP contribution in [0.3, 0.4) is 0 Å². The fourth-order valence-electron chi connectivity index (χ4n) is 2.51. The van der Waals surface area contributed by atoms with Crippen molar-refractivity contribution < 1.29 is 8.42 Å². The maximum atomic E-state index is 12.5. The Balaban J connectivity index is 1.80. The van der Waals surface area contributed by atoms with E-state index >= 15 is 0 Å². The summed E-state index contributed by atoms with van der Waals surface area (Å²) < 4.78 is 27.4. The first-order valence-electron chi connectivity index (χ1n) is 6.38. The second-order valence-electron chi connectivity index (χ2n) is 4.82. The highest BCUT2D eigenvalue weighted by Gasteiger charge is 2.33. The van der Waals surface area contributed by atoms with Gasteiger partial charge >= 0.3 is 0 Å². The second kappa shape index (κ2) is 5.48. The molecule has 0 radical (unpaired) electrons. The van der Waals surface area contributed by atoms with Gasteiger partial charge in [-0.15, -0.1) is 11.3 Å². The van der Waals surface area contributed by atoms with Crippen molar-refractivity contribution in [1.29, 1.82) is 0 Å². The summed E-state index contributed by atoms with van der Waals surface area (Å²) in [5.41, 5.74) is 1.20. The van der Waals surface area contributed by atoms with Crippen LogP contribution in [0, 0.1) is 0 Å². The van der Waals surface area contributed by atoms with Gasteiger partial charge in [-0.05, 0) is 30.0 Å². The monoisotopic (exact) mass is 327 g/mol. The first-order valence-corrected chi connectivity index (χ1v) is 9.01. The first kappa shape index (κ1) is 14.1. The lowest BCUT2D eigenvalue weighted by Crippen LogP contribution is -2.28. The van der Waals surface area contributed by atoms with Gasteiger partial charge in [0.05, 0.1) is 4.34 Å². The van der Waals surface area contributed by atoms with Crippen molar-refractivity contribution in [2.75, 3.05) is 13.1 Å². The molecule has 1 atom stereocenters. The number of halogens is 1. The van der Waals surface area contributed by atoms with Crippen molar-refractivity contribution in [2.24, 2.45) is 0 Å². The number of thiophene rings is 1. The highest BCUT2D eigenvalue weighted by atomic mass is 35.5. The van der Waals surface area contributed by atoms with Crippen molar-refractivity contribution in [3.05, 3.63) is 52.4 Å². The Labute approximate surface area is 127 Å². The largest absolute Gasteiger partial charge is 0.252 e. The molecule has 2 heterocycles. The van der Waals surface area contributed by atoms with Crippen LogP contribution in [0.2, 0.25) is 4.34 Å². The van der Waals surface area contributed by atoms with Crippen LogP contribution in [0.5, 0.6) is 0 Å². The van der Waals surface area contributed by atoms with Gasteiger partial charge in [0.1, 0.15) is 4.21 Å². The third-order valence-corrected chi connectivity index (χ3v) is 7.13. The molecule has 1 aliphatic rings. The molecule has 20 heavy (non-hydrogen) atoms. The molecule has 1 aromatic carbocycles. The van der Waals surface area contributed by atoms with E-state index in [0.29, 0.717) is 21.6 Å². The number of benzene rings is 1. The average molecular weight is 328 g/mol. The molecule has 1 saturated heterocycles. The van der Waals surface area contributed by atoms with Crippen molar-refractivity contribution in [2.45, 2.75) is 16.5 Å². The topological polar surface area (TPSA) is 37.4 Å². The molecule has 106 valence electrons. The van der Waals surface area contributed by atoms with Gasteiger partial charge in [-0.1, -0.05) is 41.9 Å². The fourth-order valence-corrected chi connectivity index (χ4v) is 5.64. The fraction of sp³-hybridized carbons (Fsp3) is 0.286. The molecule has 0 amide bonds.